The SMILES string of the molecule is CCNC(=O)[C@H](CCCNC(N)=O)NC(=O)[C@@H](NC(=O)[C@H](C)N1C(=O)CC(C)C1=O)C(C)C. The number of carbonyl (C=O) groups excluding carboxylic acids is 6. The molecule has 4 atom stereocenters. The molecule has 7 amide bonds. The molecule has 1 fully saturated rings. The molecule has 0 aromatic rings. The zero-order valence-corrected chi connectivity index (χ0v) is 19.9. The van der Waals surface area contributed by atoms with Crippen molar-refractivity contribution in [1.82, 2.24) is 26.2 Å². The number of imide groups is 1. The summed E-state index contributed by atoms with van der Waals surface area (Å²) in [4.78, 5) is 74.2. The number of likely N-dealkylation sites (N-methyl/N-ethyl adjacent to an activating group) is 1. The Morgan fingerprint density at radius 3 is 2.15 bits per heavy atom. The van der Waals surface area contributed by atoms with Gasteiger partial charge in [0.05, 0.1) is 0 Å². The van der Waals surface area contributed by atoms with Crippen molar-refractivity contribution in [2.75, 3.05) is 13.1 Å². The van der Waals surface area contributed by atoms with E-state index in [4.69, 9.17) is 5.73 Å². The number of nitrogens with two attached hydrogens (primary N) is 1. The minimum atomic E-state index is -1.07. The number of hydrogen-bond acceptors (Lipinski definition) is 6. The van der Waals surface area contributed by atoms with Crippen LogP contribution in [0.4, 0.5) is 4.79 Å². The van der Waals surface area contributed by atoms with Gasteiger partial charge in [0, 0.05) is 25.4 Å². The van der Waals surface area contributed by atoms with Crippen LogP contribution in [0.3, 0.4) is 0 Å². The topological polar surface area (TPSA) is 180 Å². The summed E-state index contributed by atoms with van der Waals surface area (Å²) in [7, 11) is 0. The summed E-state index contributed by atoms with van der Waals surface area (Å²) in [5.41, 5.74) is 5.03. The van der Waals surface area contributed by atoms with E-state index >= 15 is 0 Å². The van der Waals surface area contributed by atoms with Crippen molar-refractivity contribution in [3.63, 3.8) is 0 Å². The van der Waals surface area contributed by atoms with Crippen molar-refractivity contribution < 1.29 is 28.8 Å². The van der Waals surface area contributed by atoms with Crippen LogP contribution in [0.25, 0.3) is 0 Å². The summed E-state index contributed by atoms with van der Waals surface area (Å²) in [6, 6.07) is -3.63. The van der Waals surface area contributed by atoms with E-state index in [0.29, 0.717) is 13.0 Å². The van der Waals surface area contributed by atoms with E-state index in [9.17, 15) is 28.8 Å². The molecule has 0 aromatic heterocycles. The minimum Gasteiger partial charge on any atom is -0.355 e. The Bertz CT molecular complexity index is 770. The molecule has 1 heterocycles. The first kappa shape index (κ1) is 27.9. The maximum Gasteiger partial charge on any atom is 0.312 e. The van der Waals surface area contributed by atoms with Crippen LogP contribution in [0.1, 0.15) is 53.9 Å². The third-order valence-corrected chi connectivity index (χ3v) is 5.37. The smallest absolute Gasteiger partial charge is 0.312 e. The monoisotopic (exact) mass is 468 g/mol. The van der Waals surface area contributed by atoms with Gasteiger partial charge in [-0.3, -0.25) is 28.9 Å². The van der Waals surface area contributed by atoms with Crippen LogP contribution in [0.15, 0.2) is 0 Å². The van der Waals surface area contributed by atoms with E-state index in [0.717, 1.165) is 4.90 Å². The molecule has 186 valence electrons. The fourth-order valence-electron chi connectivity index (χ4n) is 3.49. The zero-order chi connectivity index (χ0) is 25.3. The average Bonchev–Trinajstić information content (AvgIpc) is 2.98. The maximum atomic E-state index is 13.0. The molecule has 0 saturated carbocycles. The third kappa shape index (κ3) is 8.03. The first-order chi connectivity index (χ1) is 15.4. The van der Waals surface area contributed by atoms with Crippen LogP contribution in [-0.2, 0) is 24.0 Å². The lowest BCUT2D eigenvalue weighted by Gasteiger charge is -2.28. The fraction of sp³-hybridized carbons (Fsp3) is 0.714. The summed E-state index contributed by atoms with van der Waals surface area (Å²) in [5, 5.41) is 10.3. The highest BCUT2D eigenvalue weighted by Crippen LogP contribution is 2.21. The number of rotatable bonds is 12. The normalized spacial score (nSPS) is 18.5. The summed E-state index contributed by atoms with van der Waals surface area (Å²) in [6.07, 6.45) is 0.670. The number of nitrogens with one attached hydrogen (secondary N) is 4. The molecular formula is C21H36N6O6. The van der Waals surface area contributed by atoms with Crippen LogP contribution < -0.4 is 27.0 Å². The number of likely N-dealkylation sites (tertiary alicyclic amines) is 1. The van der Waals surface area contributed by atoms with Gasteiger partial charge in [-0.2, -0.15) is 0 Å². The molecule has 0 spiro atoms. The summed E-state index contributed by atoms with van der Waals surface area (Å²) in [5.74, 6) is -3.28. The van der Waals surface area contributed by atoms with Crippen molar-refractivity contribution in [3.8, 4) is 0 Å². The second kappa shape index (κ2) is 12.8. The summed E-state index contributed by atoms with van der Waals surface area (Å²) >= 11 is 0. The number of nitrogens with zero attached hydrogens (tertiary/aromatic N) is 1. The van der Waals surface area contributed by atoms with Gasteiger partial charge >= 0.3 is 6.03 Å². The van der Waals surface area contributed by atoms with Gasteiger partial charge in [-0.25, -0.2) is 4.79 Å². The van der Waals surface area contributed by atoms with E-state index in [2.05, 4.69) is 21.3 Å². The molecule has 1 unspecified atom stereocenters. The number of primary amides is 1. The third-order valence-electron chi connectivity index (χ3n) is 5.37. The highest BCUT2D eigenvalue weighted by atomic mass is 16.2. The summed E-state index contributed by atoms with van der Waals surface area (Å²) < 4.78 is 0. The van der Waals surface area contributed by atoms with Crippen molar-refractivity contribution in [2.45, 2.75) is 72.0 Å². The Kier molecular flexibility index (Phi) is 10.8. The Morgan fingerprint density at radius 2 is 1.67 bits per heavy atom. The second-order valence-electron chi connectivity index (χ2n) is 8.50. The molecule has 12 nitrogen and oxygen atoms in total. The van der Waals surface area contributed by atoms with Crippen molar-refractivity contribution in [2.24, 2.45) is 17.6 Å². The number of urea groups is 1. The first-order valence-electron chi connectivity index (χ1n) is 11.2. The highest BCUT2D eigenvalue weighted by Gasteiger charge is 2.41. The predicted molar refractivity (Wildman–Crippen MR) is 119 cm³/mol. The molecule has 0 radical (unpaired) electrons. The Labute approximate surface area is 193 Å². The molecular weight excluding hydrogens is 432 g/mol. The lowest BCUT2D eigenvalue weighted by atomic mass is 10.0. The first-order valence-corrected chi connectivity index (χ1v) is 11.2. The zero-order valence-electron chi connectivity index (χ0n) is 19.9. The van der Waals surface area contributed by atoms with Gasteiger partial charge < -0.3 is 27.0 Å². The highest BCUT2D eigenvalue weighted by molar-refractivity contribution is 6.07. The van der Waals surface area contributed by atoms with Gasteiger partial charge in [-0.05, 0) is 32.6 Å². The molecule has 1 rings (SSSR count). The van der Waals surface area contributed by atoms with E-state index in [1.54, 1.807) is 27.7 Å². The van der Waals surface area contributed by atoms with Crippen LogP contribution in [0.2, 0.25) is 0 Å². The van der Waals surface area contributed by atoms with E-state index < -0.39 is 59.6 Å². The average molecular weight is 469 g/mol. The Morgan fingerprint density at radius 1 is 1.03 bits per heavy atom. The van der Waals surface area contributed by atoms with Crippen molar-refractivity contribution in [3.05, 3.63) is 0 Å². The standard InChI is InChI=1S/C21H36N6O6/c1-6-23-18(30)14(8-7-9-24-21(22)33)25-19(31)16(11(2)3)26-17(29)13(5)27-15(28)10-12(4)20(27)32/h11-14,16H,6-10H2,1-5H3,(H,23,30)(H,25,31)(H,26,29)(H3,22,24,33)/t12?,13-,14-,16-/m0/s1. The molecule has 6 N–H and O–H groups in total. The lowest BCUT2D eigenvalue weighted by molar-refractivity contribution is -0.147. The minimum absolute atomic E-state index is 0.0450. The molecule has 33 heavy (non-hydrogen) atoms. The largest absolute Gasteiger partial charge is 0.355 e. The molecule has 1 saturated heterocycles. The number of carbonyl (C=O) groups is 6. The van der Waals surface area contributed by atoms with Gasteiger partial charge in [-0.1, -0.05) is 20.8 Å². The van der Waals surface area contributed by atoms with Gasteiger partial charge in [-0.15, -0.1) is 0 Å². The van der Waals surface area contributed by atoms with Crippen molar-refractivity contribution in [1.29, 1.82) is 0 Å². The molecule has 1 aliphatic heterocycles. The number of hydrogen-bond donors (Lipinski definition) is 5. The molecule has 1 aliphatic rings. The predicted octanol–water partition coefficient (Wildman–Crippen LogP) is -1.02. The second-order valence-corrected chi connectivity index (χ2v) is 8.50. The van der Waals surface area contributed by atoms with E-state index in [1.165, 1.54) is 6.92 Å². The number of amides is 7. The summed E-state index contributed by atoms with van der Waals surface area (Å²) in [6.45, 7) is 8.84. The molecule has 12 heteroatoms. The molecule has 0 aromatic carbocycles. The van der Waals surface area contributed by atoms with Crippen LogP contribution >= 0.6 is 0 Å². The fourth-order valence-corrected chi connectivity index (χ4v) is 3.49. The Hall–Kier alpha value is -3.18. The maximum absolute atomic E-state index is 13.0. The lowest BCUT2D eigenvalue weighted by Crippen LogP contribution is -2.58. The van der Waals surface area contributed by atoms with Crippen molar-refractivity contribution >= 4 is 35.6 Å². The van der Waals surface area contributed by atoms with Gasteiger partial charge in [0.1, 0.15) is 18.1 Å². The van der Waals surface area contributed by atoms with E-state index in [1.807, 2.05) is 0 Å². The van der Waals surface area contributed by atoms with Gasteiger partial charge in [0.2, 0.25) is 29.5 Å². The Balaban J connectivity index is 2.86. The van der Waals surface area contributed by atoms with Crippen LogP contribution in [-0.4, -0.2) is 71.7 Å². The van der Waals surface area contributed by atoms with Crippen LogP contribution in [0.5, 0.6) is 0 Å². The van der Waals surface area contributed by atoms with Gasteiger partial charge in [0.15, 0.2) is 0 Å². The van der Waals surface area contributed by atoms with Gasteiger partial charge in [0.25, 0.3) is 0 Å². The quantitative estimate of drug-likeness (QED) is 0.181. The van der Waals surface area contributed by atoms with E-state index in [-0.39, 0.29) is 25.3 Å². The van der Waals surface area contributed by atoms with Crippen LogP contribution in [0, 0.1) is 11.8 Å². The molecule has 0 bridgehead atoms. The molecule has 0 aliphatic carbocycles.